The van der Waals surface area contributed by atoms with Crippen molar-refractivity contribution in [2.45, 2.75) is 58.0 Å². The lowest BCUT2D eigenvalue weighted by Crippen LogP contribution is -2.12. The van der Waals surface area contributed by atoms with Gasteiger partial charge in [0.1, 0.15) is 0 Å². The molecule has 0 spiro atoms. The van der Waals surface area contributed by atoms with Crippen molar-refractivity contribution in [3.63, 3.8) is 0 Å². The molecule has 1 N–H and O–H groups in total. The second-order valence-electron chi connectivity index (χ2n) is 5.91. The third kappa shape index (κ3) is 2.83. The maximum atomic E-state index is 9.50. The molecule has 0 saturated heterocycles. The fourth-order valence-corrected chi connectivity index (χ4v) is 3.37. The second kappa shape index (κ2) is 4.46. The zero-order valence-electron chi connectivity index (χ0n) is 10.4. The molecule has 1 fully saturated rings. The minimum absolute atomic E-state index is 0.0629. The average Bonchev–Trinajstić information content (AvgIpc) is 2.74. The molecule has 2 atom stereocenters. The number of nitrogens with zero attached hydrogens (tertiary/aromatic N) is 1. The van der Waals surface area contributed by atoms with Crippen molar-refractivity contribution < 1.29 is 5.11 Å². The summed E-state index contributed by atoms with van der Waals surface area (Å²) in [5.74, 6) is 0.647. The predicted octanol–water partition coefficient (Wildman–Crippen LogP) is 3.14. The van der Waals surface area contributed by atoms with Crippen LogP contribution in [-0.4, -0.2) is 16.2 Å². The number of aliphatic hydroxyl groups is 1. The molecule has 0 radical (unpaired) electrons. The van der Waals surface area contributed by atoms with E-state index in [-0.39, 0.29) is 11.5 Å². The summed E-state index contributed by atoms with van der Waals surface area (Å²) in [5.41, 5.74) is 1.36. The van der Waals surface area contributed by atoms with E-state index in [4.69, 9.17) is 4.98 Å². The van der Waals surface area contributed by atoms with Gasteiger partial charge in [-0.3, -0.25) is 0 Å². The lowest BCUT2D eigenvalue weighted by molar-refractivity contribution is 0.177. The van der Waals surface area contributed by atoms with Gasteiger partial charge in [0.15, 0.2) is 0 Å². The Kier molecular flexibility index (Phi) is 3.36. The number of aromatic nitrogens is 1. The van der Waals surface area contributed by atoms with Gasteiger partial charge in [0.25, 0.3) is 0 Å². The third-order valence-corrected chi connectivity index (χ3v) is 4.17. The van der Waals surface area contributed by atoms with Crippen molar-refractivity contribution in [1.29, 1.82) is 0 Å². The van der Waals surface area contributed by atoms with Crippen molar-refractivity contribution >= 4 is 11.3 Å². The van der Waals surface area contributed by atoms with Crippen LogP contribution in [0.2, 0.25) is 0 Å². The van der Waals surface area contributed by atoms with Crippen molar-refractivity contribution in [3.05, 3.63) is 16.1 Å². The van der Waals surface area contributed by atoms with Crippen LogP contribution >= 0.6 is 11.3 Å². The van der Waals surface area contributed by atoms with Crippen molar-refractivity contribution in [3.8, 4) is 0 Å². The summed E-state index contributed by atoms with van der Waals surface area (Å²) in [7, 11) is 0. The van der Waals surface area contributed by atoms with Gasteiger partial charge in [-0.25, -0.2) is 4.98 Å². The highest BCUT2D eigenvalue weighted by atomic mass is 32.1. The molecule has 0 bridgehead atoms. The first-order chi connectivity index (χ1) is 7.45. The molecule has 2 rings (SSSR count). The summed E-state index contributed by atoms with van der Waals surface area (Å²) in [6, 6.07) is 0. The van der Waals surface area contributed by atoms with Gasteiger partial charge < -0.3 is 5.11 Å². The Hall–Kier alpha value is -0.410. The van der Waals surface area contributed by atoms with Crippen LogP contribution in [0, 0.1) is 5.92 Å². The van der Waals surface area contributed by atoms with E-state index < -0.39 is 0 Å². The Labute approximate surface area is 102 Å². The Morgan fingerprint density at radius 2 is 2.19 bits per heavy atom. The van der Waals surface area contributed by atoms with E-state index in [1.807, 2.05) is 0 Å². The van der Waals surface area contributed by atoms with E-state index in [0.29, 0.717) is 5.92 Å². The quantitative estimate of drug-likeness (QED) is 0.860. The van der Waals surface area contributed by atoms with E-state index in [2.05, 4.69) is 26.2 Å². The van der Waals surface area contributed by atoms with Crippen LogP contribution in [0.25, 0.3) is 0 Å². The molecular formula is C13H21NOS. The minimum atomic E-state index is -0.0629. The van der Waals surface area contributed by atoms with Crippen molar-refractivity contribution in [2.75, 3.05) is 0 Å². The summed E-state index contributed by atoms with van der Waals surface area (Å²) < 4.78 is 0. The van der Waals surface area contributed by atoms with Crippen LogP contribution in [0.1, 0.15) is 50.7 Å². The standard InChI is InChI=1S/C13H21NOS/c1-13(2,3)11-8-16-12(14-11)7-9-4-5-10(15)6-9/h8-10,15H,4-7H2,1-3H3. The average molecular weight is 239 g/mol. The lowest BCUT2D eigenvalue weighted by atomic mass is 9.93. The molecule has 1 aliphatic carbocycles. The van der Waals surface area contributed by atoms with Crippen LogP contribution in [-0.2, 0) is 11.8 Å². The third-order valence-electron chi connectivity index (χ3n) is 3.30. The number of hydrogen-bond acceptors (Lipinski definition) is 3. The normalized spacial score (nSPS) is 26.2. The molecule has 0 aromatic carbocycles. The summed E-state index contributed by atoms with van der Waals surface area (Å²) in [5, 5.41) is 12.9. The van der Waals surface area contributed by atoms with E-state index in [1.54, 1.807) is 11.3 Å². The highest BCUT2D eigenvalue weighted by molar-refractivity contribution is 7.09. The van der Waals surface area contributed by atoms with Crippen molar-refractivity contribution in [1.82, 2.24) is 4.98 Å². The topological polar surface area (TPSA) is 33.1 Å². The van der Waals surface area contributed by atoms with Gasteiger partial charge in [0.05, 0.1) is 16.8 Å². The molecule has 1 aliphatic rings. The molecule has 0 amide bonds. The Balaban J connectivity index is 1.98. The highest BCUT2D eigenvalue weighted by Crippen LogP contribution is 2.31. The second-order valence-corrected chi connectivity index (χ2v) is 6.86. The summed E-state index contributed by atoms with van der Waals surface area (Å²) >= 11 is 1.77. The number of hydrogen-bond donors (Lipinski definition) is 1. The number of aliphatic hydroxyl groups excluding tert-OH is 1. The molecule has 90 valence electrons. The first-order valence-electron chi connectivity index (χ1n) is 6.08. The van der Waals surface area contributed by atoms with E-state index in [9.17, 15) is 5.11 Å². The maximum Gasteiger partial charge on any atom is 0.0931 e. The first-order valence-corrected chi connectivity index (χ1v) is 6.96. The number of rotatable bonds is 2. The predicted molar refractivity (Wildman–Crippen MR) is 67.9 cm³/mol. The van der Waals surface area contributed by atoms with Gasteiger partial charge in [-0.2, -0.15) is 0 Å². The fourth-order valence-electron chi connectivity index (χ4n) is 2.23. The minimum Gasteiger partial charge on any atom is -0.393 e. The van der Waals surface area contributed by atoms with Gasteiger partial charge >= 0.3 is 0 Å². The molecule has 3 heteroatoms. The summed E-state index contributed by atoms with van der Waals surface area (Å²) in [6.07, 6.45) is 4.09. The zero-order chi connectivity index (χ0) is 11.8. The molecule has 1 heterocycles. The van der Waals surface area contributed by atoms with Gasteiger partial charge in [0, 0.05) is 17.2 Å². The summed E-state index contributed by atoms with van der Waals surface area (Å²) in [4.78, 5) is 4.71. The molecule has 2 unspecified atom stereocenters. The molecule has 0 aliphatic heterocycles. The molecule has 2 nitrogen and oxygen atoms in total. The Morgan fingerprint density at radius 3 is 2.69 bits per heavy atom. The molecular weight excluding hydrogens is 218 g/mol. The smallest absolute Gasteiger partial charge is 0.0931 e. The van der Waals surface area contributed by atoms with Crippen molar-refractivity contribution in [2.24, 2.45) is 5.92 Å². The van der Waals surface area contributed by atoms with Crippen LogP contribution in [0.3, 0.4) is 0 Å². The maximum absolute atomic E-state index is 9.50. The SMILES string of the molecule is CC(C)(C)c1csc(CC2CCC(O)C2)n1. The van der Waals surface area contributed by atoms with Crippen LogP contribution in [0.5, 0.6) is 0 Å². The van der Waals surface area contributed by atoms with Crippen LogP contribution < -0.4 is 0 Å². The lowest BCUT2D eigenvalue weighted by Gasteiger charge is -2.14. The Bertz CT molecular complexity index is 353. The summed E-state index contributed by atoms with van der Waals surface area (Å²) in [6.45, 7) is 6.60. The molecule has 1 aromatic heterocycles. The fraction of sp³-hybridized carbons (Fsp3) is 0.769. The van der Waals surface area contributed by atoms with Gasteiger partial charge in [-0.15, -0.1) is 11.3 Å². The van der Waals surface area contributed by atoms with E-state index in [0.717, 1.165) is 25.7 Å². The largest absolute Gasteiger partial charge is 0.393 e. The molecule has 1 aromatic rings. The highest BCUT2D eigenvalue weighted by Gasteiger charge is 2.24. The van der Waals surface area contributed by atoms with Gasteiger partial charge in [-0.05, 0) is 25.2 Å². The van der Waals surface area contributed by atoms with Gasteiger partial charge in [-0.1, -0.05) is 20.8 Å². The van der Waals surface area contributed by atoms with E-state index in [1.165, 1.54) is 10.7 Å². The zero-order valence-corrected chi connectivity index (χ0v) is 11.2. The molecule has 1 saturated carbocycles. The number of thiazole rings is 1. The van der Waals surface area contributed by atoms with E-state index >= 15 is 0 Å². The Morgan fingerprint density at radius 1 is 1.44 bits per heavy atom. The van der Waals surface area contributed by atoms with Crippen LogP contribution in [0.15, 0.2) is 5.38 Å². The van der Waals surface area contributed by atoms with Gasteiger partial charge in [0.2, 0.25) is 0 Å². The monoisotopic (exact) mass is 239 g/mol. The van der Waals surface area contributed by atoms with Crippen LogP contribution in [0.4, 0.5) is 0 Å². The first kappa shape index (κ1) is 12.1. The molecule has 16 heavy (non-hydrogen) atoms.